The van der Waals surface area contributed by atoms with Crippen LogP contribution in [0.5, 0.6) is 0 Å². The summed E-state index contributed by atoms with van der Waals surface area (Å²) in [5, 5.41) is 13.0. The molecule has 0 radical (unpaired) electrons. The summed E-state index contributed by atoms with van der Waals surface area (Å²) in [5.41, 5.74) is 0.0862. The van der Waals surface area contributed by atoms with Crippen molar-refractivity contribution < 1.29 is 24.1 Å². The Labute approximate surface area is 200 Å². The normalized spacial score (nSPS) is 21.8. The SMILES string of the molecule is C[C@@H]1CC[C@H]2C(=O)N(N(CC(=O)c3ccc([N+](=O)[O-])cc3)C(=O)c3ccc(Cl)cc3)C(=O)[C@H]2C1. The van der Waals surface area contributed by atoms with E-state index in [-0.39, 0.29) is 22.7 Å². The fraction of sp³-hybridized carbons (Fsp3) is 0.333. The summed E-state index contributed by atoms with van der Waals surface area (Å²) in [5.74, 6) is -2.99. The number of carbonyl (C=O) groups excluding carboxylic acids is 4. The molecule has 3 atom stereocenters. The maximum atomic E-state index is 13.4. The molecule has 2 fully saturated rings. The zero-order valence-corrected chi connectivity index (χ0v) is 19.1. The van der Waals surface area contributed by atoms with Gasteiger partial charge in [-0.3, -0.25) is 29.3 Å². The van der Waals surface area contributed by atoms with Crippen LogP contribution in [0.25, 0.3) is 0 Å². The number of ketones is 1. The molecule has 1 saturated carbocycles. The zero-order chi connectivity index (χ0) is 24.6. The first-order chi connectivity index (χ1) is 16.2. The van der Waals surface area contributed by atoms with Gasteiger partial charge in [0.1, 0.15) is 6.54 Å². The van der Waals surface area contributed by atoms with Crippen LogP contribution in [0, 0.1) is 27.9 Å². The number of Topliss-reactive ketones (excluding diaryl/α,β-unsaturated/α-hetero) is 1. The standard InChI is InChI=1S/C24H22ClN3O6/c1-14-2-11-19-20(12-14)24(32)27(23(19)31)26(22(30)16-3-7-17(25)8-4-16)13-21(29)15-5-9-18(10-6-15)28(33)34/h3-10,14,19-20H,2,11-13H2,1H3/t14-,19-,20+/m1/s1. The van der Waals surface area contributed by atoms with E-state index < -0.39 is 46.8 Å². The van der Waals surface area contributed by atoms with Crippen LogP contribution in [-0.4, -0.2) is 45.0 Å². The molecule has 0 unspecified atom stereocenters. The van der Waals surface area contributed by atoms with E-state index in [0.717, 1.165) is 16.4 Å². The van der Waals surface area contributed by atoms with Crippen LogP contribution in [0.15, 0.2) is 48.5 Å². The maximum Gasteiger partial charge on any atom is 0.273 e. The van der Waals surface area contributed by atoms with Crippen LogP contribution < -0.4 is 0 Å². The van der Waals surface area contributed by atoms with Crippen molar-refractivity contribution in [3.05, 3.63) is 74.8 Å². The third-order valence-corrected chi connectivity index (χ3v) is 6.68. The molecular weight excluding hydrogens is 462 g/mol. The third-order valence-electron chi connectivity index (χ3n) is 6.42. The monoisotopic (exact) mass is 483 g/mol. The first-order valence-corrected chi connectivity index (χ1v) is 11.3. The van der Waals surface area contributed by atoms with E-state index in [0.29, 0.717) is 17.9 Å². The highest BCUT2D eigenvalue weighted by Crippen LogP contribution is 2.41. The van der Waals surface area contributed by atoms with Gasteiger partial charge in [-0.15, -0.1) is 0 Å². The molecule has 2 aromatic carbocycles. The zero-order valence-electron chi connectivity index (χ0n) is 18.3. The molecule has 0 bridgehead atoms. The molecule has 1 aliphatic carbocycles. The molecule has 1 aliphatic heterocycles. The predicted octanol–water partition coefficient (Wildman–Crippen LogP) is 3.91. The van der Waals surface area contributed by atoms with Gasteiger partial charge >= 0.3 is 0 Å². The van der Waals surface area contributed by atoms with Gasteiger partial charge in [0.05, 0.1) is 16.8 Å². The number of non-ortho nitro benzene ring substituents is 1. The molecule has 3 amide bonds. The Morgan fingerprint density at radius 1 is 1.00 bits per heavy atom. The number of halogens is 1. The molecule has 1 heterocycles. The van der Waals surface area contributed by atoms with Gasteiger partial charge in [-0.2, -0.15) is 5.01 Å². The lowest BCUT2D eigenvalue weighted by Crippen LogP contribution is -2.52. The van der Waals surface area contributed by atoms with E-state index in [4.69, 9.17) is 11.6 Å². The number of nitrogens with zero attached hydrogens (tertiary/aromatic N) is 3. The van der Waals surface area contributed by atoms with Crippen molar-refractivity contribution >= 4 is 40.8 Å². The molecule has 0 aromatic heterocycles. The van der Waals surface area contributed by atoms with Crippen LogP contribution >= 0.6 is 11.6 Å². The van der Waals surface area contributed by atoms with Crippen LogP contribution in [0.2, 0.25) is 5.02 Å². The summed E-state index contributed by atoms with van der Waals surface area (Å²) in [6, 6.07) is 10.8. The first kappa shape index (κ1) is 23.6. The molecule has 0 N–H and O–H groups in total. The van der Waals surface area contributed by atoms with Crippen molar-refractivity contribution in [2.75, 3.05) is 6.54 Å². The Balaban J connectivity index is 1.67. The number of benzene rings is 2. The summed E-state index contributed by atoms with van der Waals surface area (Å²) < 4.78 is 0. The van der Waals surface area contributed by atoms with Gasteiger partial charge in [0.15, 0.2) is 5.78 Å². The highest BCUT2D eigenvalue weighted by molar-refractivity contribution is 6.30. The molecule has 10 heteroatoms. The van der Waals surface area contributed by atoms with Gasteiger partial charge in [-0.25, -0.2) is 5.01 Å². The number of nitro benzene ring substituents is 1. The lowest BCUT2D eigenvalue weighted by molar-refractivity contribution is -0.384. The molecule has 4 rings (SSSR count). The number of imide groups is 1. The minimum Gasteiger partial charge on any atom is -0.292 e. The smallest absolute Gasteiger partial charge is 0.273 e. The van der Waals surface area contributed by atoms with Crippen LogP contribution in [-0.2, 0) is 9.59 Å². The van der Waals surface area contributed by atoms with E-state index in [1.165, 1.54) is 48.5 Å². The van der Waals surface area contributed by atoms with E-state index in [1.807, 2.05) is 6.92 Å². The van der Waals surface area contributed by atoms with Gasteiger partial charge in [-0.1, -0.05) is 18.5 Å². The number of amides is 3. The predicted molar refractivity (Wildman–Crippen MR) is 122 cm³/mol. The molecule has 176 valence electrons. The quantitative estimate of drug-likeness (QED) is 0.266. The average molecular weight is 484 g/mol. The number of rotatable bonds is 6. The Hall–Kier alpha value is -3.59. The number of hydrogen-bond donors (Lipinski definition) is 0. The Bertz CT molecular complexity index is 1160. The van der Waals surface area contributed by atoms with Gasteiger partial charge in [0, 0.05) is 28.3 Å². The van der Waals surface area contributed by atoms with Gasteiger partial charge in [0.2, 0.25) is 0 Å². The number of carbonyl (C=O) groups is 4. The fourth-order valence-corrected chi connectivity index (χ4v) is 4.71. The molecule has 2 aromatic rings. The first-order valence-electron chi connectivity index (χ1n) is 10.9. The number of fused-ring (bicyclic) bond motifs is 1. The average Bonchev–Trinajstić information content (AvgIpc) is 3.06. The number of hydrogen-bond acceptors (Lipinski definition) is 6. The minimum atomic E-state index is -0.694. The Morgan fingerprint density at radius 3 is 2.21 bits per heavy atom. The highest BCUT2D eigenvalue weighted by Gasteiger charge is 2.52. The summed E-state index contributed by atoms with van der Waals surface area (Å²) in [6.45, 7) is 1.44. The van der Waals surface area contributed by atoms with E-state index in [1.54, 1.807) is 0 Å². The lowest BCUT2D eigenvalue weighted by atomic mass is 9.76. The summed E-state index contributed by atoms with van der Waals surface area (Å²) in [7, 11) is 0. The van der Waals surface area contributed by atoms with Crippen molar-refractivity contribution in [3.8, 4) is 0 Å². The minimum absolute atomic E-state index is 0.115. The van der Waals surface area contributed by atoms with Crippen molar-refractivity contribution in [2.24, 2.45) is 17.8 Å². The summed E-state index contributed by atoms with van der Waals surface area (Å²) >= 11 is 5.92. The largest absolute Gasteiger partial charge is 0.292 e. The van der Waals surface area contributed by atoms with Crippen molar-refractivity contribution in [1.82, 2.24) is 10.0 Å². The second-order valence-corrected chi connectivity index (χ2v) is 9.15. The van der Waals surface area contributed by atoms with Gasteiger partial charge < -0.3 is 0 Å². The van der Waals surface area contributed by atoms with Crippen LogP contribution in [0.3, 0.4) is 0 Å². The Morgan fingerprint density at radius 2 is 1.59 bits per heavy atom. The van der Waals surface area contributed by atoms with Gasteiger partial charge in [-0.05, 0) is 61.6 Å². The molecule has 9 nitrogen and oxygen atoms in total. The van der Waals surface area contributed by atoms with E-state index >= 15 is 0 Å². The third kappa shape index (κ3) is 4.43. The Kier molecular flexibility index (Phi) is 6.47. The molecular formula is C24H22ClN3O6. The summed E-state index contributed by atoms with van der Waals surface area (Å²) in [6.07, 6.45) is 1.90. The molecule has 34 heavy (non-hydrogen) atoms. The lowest BCUT2D eigenvalue weighted by Gasteiger charge is -2.30. The van der Waals surface area contributed by atoms with Crippen molar-refractivity contribution in [2.45, 2.75) is 26.2 Å². The van der Waals surface area contributed by atoms with Crippen LogP contribution in [0.4, 0.5) is 5.69 Å². The second-order valence-electron chi connectivity index (χ2n) is 8.72. The van der Waals surface area contributed by atoms with Gasteiger partial charge in [0.25, 0.3) is 23.4 Å². The highest BCUT2D eigenvalue weighted by atomic mass is 35.5. The number of nitro groups is 1. The van der Waals surface area contributed by atoms with E-state index in [2.05, 4.69) is 0 Å². The number of hydrazine groups is 1. The van der Waals surface area contributed by atoms with Crippen LogP contribution in [0.1, 0.15) is 46.9 Å². The second kappa shape index (κ2) is 9.34. The molecule has 0 spiro atoms. The molecule has 2 aliphatic rings. The van der Waals surface area contributed by atoms with Crippen molar-refractivity contribution in [1.29, 1.82) is 0 Å². The molecule has 1 saturated heterocycles. The van der Waals surface area contributed by atoms with Crippen molar-refractivity contribution in [3.63, 3.8) is 0 Å². The topological polar surface area (TPSA) is 118 Å². The fourth-order valence-electron chi connectivity index (χ4n) is 4.58. The summed E-state index contributed by atoms with van der Waals surface area (Å²) in [4.78, 5) is 63.2. The maximum absolute atomic E-state index is 13.4. The van der Waals surface area contributed by atoms with E-state index in [9.17, 15) is 29.3 Å².